The van der Waals surface area contributed by atoms with E-state index in [9.17, 15) is 9.59 Å². The smallest absolute Gasteiger partial charge is 0.321 e. The fraction of sp³-hybridized carbons (Fsp3) is 0.519. The maximum atomic E-state index is 12.6. The molecular weight excluding hydrogens is 518 g/mol. The fourth-order valence-electron chi connectivity index (χ4n) is 4.83. The first-order valence-corrected chi connectivity index (χ1v) is 14.1. The molecular formula is C27H35N7O4S. The second kappa shape index (κ2) is 12.4. The monoisotopic (exact) mass is 553 g/mol. The lowest BCUT2D eigenvalue weighted by Gasteiger charge is -2.39. The van der Waals surface area contributed by atoms with Gasteiger partial charge in [0.2, 0.25) is 5.95 Å². The average Bonchev–Trinajstić information content (AvgIpc) is 3.37. The Hall–Kier alpha value is -3.76. The number of carbonyl (C=O) groups is 2. The van der Waals surface area contributed by atoms with Crippen molar-refractivity contribution in [2.24, 2.45) is 16.3 Å². The summed E-state index contributed by atoms with van der Waals surface area (Å²) in [5.74, 6) is 3.49. The first kappa shape index (κ1) is 28.3. The van der Waals surface area contributed by atoms with Crippen LogP contribution >= 0.6 is 11.3 Å². The summed E-state index contributed by atoms with van der Waals surface area (Å²) in [6.07, 6.45) is 8.29. The maximum absolute atomic E-state index is 12.6. The number of fused-ring (bicyclic) bond motifs is 1. The SMILES string of the molecule is CCON=C=C1C=C(c2cnc(N3CCC(CC)(C(=O)OCC)CC3)nc2)Cc2nc(N(CC)C(N)=O)sc21. The van der Waals surface area contributed by atoms with E-state index >= 15 is 0 Å². The highest BCUT2D eigenvalue weighted by Crippen LogP contribution is 2.40. The van der Waals surface area contributed by atoms with Crippen LogP contribution in [0.3, 0.4) is 0 Å². The topological polar surface area (TPSA) is 136 Å². The van der Waals surface area contributed by atoms with Gasteiger partial charge in [-0.3, -0.25) is 9.69 Å². The van der Waals surface area contributed by atoms with Gasteiger partial charge in [0.15, 0.2) is 5.13 Å². The molecule has 11 nitrogen and oxygen atoms in total. The van der Waals surface area contributed by atoms with Crippen LogP contribution in [-0.4, -0.2) is 65.7 Å². The summed E-state index contributed by atoms with van der Waals surface area (Å²) in [4.78, 5) is 48.0. The number of piperidine rings is 1. The van der Waals surface area contributed by atoms with E-state index in [1.54, 1.807) is 12.4 Å². The predicted octanol–water partition coefficient (Wildman–Crippen LogP) is 4.04. The molecule has 0 bridgehead atoms. The van der Waals surface area contributed by atoms with Crippen LogP contribution in [0.5, 0.6) is 0 Å². The van der Waals surface area contributed by atoms with Gasteiger partial charge in [-0.05, 0) is 56.8 Å². The number of urea groups is 1. The normalized spacial score (nSPS) is 16.1. The van der Waals surface area contributed by atoms with E-state index < -0.39 is 11.4 Å². The van der Waals surface area contributed by atoms with E-state index in [2.05, 4.69) is 25.9 Å². The van der Waals surface area contributed by atoms with E-state index in [1.165, 1.54) is 16.2 Å². The highest BCUT2D eigenvalue weighted by atomic mass is 32.1. The summed E-state index contributed by atoms with van der Waals surface area (Å²) < 4.78 is 5.35. The number of hydrogen-bond donors (Lipinski definition) is 1. The molecule has 4 rings (SSSR count). The Kier molecular flexibility index (Phi) is 8.98. The number of thiazole rings is 1. The van der Waals surface area contributed by atoms with Crippen molar-refractivity contribution in [1.29, 1.82) is 0 Å². The number of amides is 2. The molecule has 1 aliphatic carbocycles. The molecule has 0 spiro atoms. The van der Waals surface area contributed by atoms with Crippen molar-refractivity contribution in [3.05, 3.63) is 34.6 Å². The second-order valence-corrected chi connectivity index (χ2v) is 10.3. The van der Waals surface area contributed by atoms with Crippen LogP contribution in [-0.2, 0) is 20.8 Å². The molecule has 0 radical (unpaired) electrons. The Morgan fingerprint density at radius 3 is 2.49 bits per heavy atom. The predicted molar refractivity (Wildman–Crippen MR) is 152 cm³/mol. The van der Waals surface area contributed by atoms with Crippen LogP contribution in [0.4, 0.5) is 15.9 Å². The zero-order chi connectivity index (χ0) is 28.0. The van der Waals surface area contributed by atoms with Gasteiger partial charge in [0.25, 0.3) is 0 Å². The first-order valence-electron chi connectivity index (χ1n) is 13.3. The van der Waals surface area contributed by atoms with Gasteiger partial charge in [0.1, 0.15) is 6.61 Å². The standard InChI is InChI=1S/C27H35N7O4S/c1-5-27(23(35)37-7-3)9-11-33(12-10-27)25-29-15-20(16-30-25)18-13-19(17-31-38-8-4)22-21(14-18)32-26(39-22)34(6-2)24(28)36/h13,15-16H,5-12,14H2,1-4H3,(H2,28,36). The van der Waals surface area contributed by atoms with Crippen LogP contribution in [0, 0.1) is 5.41 Å². The zero-order valence-electron chi connectivity index (χ0n) is 22.9. The number of ether oxygens (including phenoxy) is 1. The largest absolute Gasteiger partial charge is 0.466 e. The first-order chi connectivity index (χ1) is 18.9. The van der Waals surface area contributed by atoms with Crippen LogP contribution in [0.2, 0.25) is 0 Å². The van der Waals surface area contributed by atoms with Gasteiger partial charge in [0, 0.05) is 49.9 Å². The molecule has 1 saturated heterocycles. The molecule has 39 heavy (non-hydrogen) atoms. The van der Waals surface area contributed by atoms with E-state index in [0.717, 1.165) is 28.1 Å². The number of hydrogen-bond acceptors (Lipinski definition) is 10. The van der Waals surface area contributed by atoms with Crippen molar-refractivity contribution in [2.75, 3.05) is 42.6 Å². The van der Waals surface area contributed by atoms with Crippen LogP contribution in [0.25, 0.3) is 11.1 Å². The highest BCUT2D eigenvalue weighted by Gasteiger charge is 2.41. The quantitative estimate of drug-likeness (QED) is 0.279. The number of allylic oxidation sites excluding steroid dienone is 3. The number of carbonyl (C=O) groups excluding carboxylic acids is 2. The number of esters is 1. The molecule has 0 aromatic carbocycles. The van der Waals surface area contributed by atoms with Gasteiger partial charge < -0.3 is 20.2 Å². The lowest BCUT2D eigenvalue weighted by molar-refractivity contribution is -0.157. The summed E-state index contributed by atoms with van der Waals surface area (Å²) in [6.45, 7) is 10.2. The highest BCUT2D eigenvalue weighted by molar-refractivity contribution is 7.17. The molecule has 1 fully saturated rings. The number of rotatable bonds is 9. The third-order valence-electron chi connectivity index (χ3n) is 7.18. The summed E-state index contributed by atoms with van der Waals surface area (Å²) in [7, 11) is 0. The van der Waals surface area contributed by atoms with Gasteiger partial charge in [-0.1, -0.05) is 18.3 Å². The summed E-state index contributed by atoms with van der Waals surface area (Å²) in [5, 5.41) is 4.47. The fourth-order valence-corrected chi connectivity index (χ4v) is 5.95. The Balaban J connectivity index is 1.55. The molecule has 208 valence electrons. The summed E-state index contributed by atoms with van der Waals surface area (Å²) >= 11 is 1.37. The molecule has 2 N–H and O–H groups in total. The number of anilines is 2. The lowest BCUT2D eigenvalue weighted by Crippen LogP contribution is -2.45. The minimum absolute atomic E-state index is 0.105. The average molecular weight is 554 g/mol. The third kappa shape index (κ3) is 5.97. The Bertz CT molecular complexity index is 1290. The zero-order valence-corrected chi connectivity index (χ0v) is 23.7. The van der Waals surface area contributed by atoms with Crippen molar-refractivity contribution >= 4 is 51.4 Å². The third-order valence-corrected chi connectivity index (χ3v) is 8.33. The molecule has 0 atom stereocenters. The minimum atomic E-state index is -0.551. The molecule has 1 aliphatic heterocycles. The Labute approximate surface area is 232 Å². The summed E-state index contributed by atoms with van der Waals surface area (Å²) in [5.41, 5.74) is 8.43. The van der Waals surface area contributed by atoms with Gasteiger partial charge in [-0.2, -0.15) is 0 Å². The van der Waals surface area contributed by atoms with Crippen molar-refractivity contribution < 1.29 is 19.2 Å². The van der Waals surface area contributed by atoms with Gasteiger partial charge in [-0.15, -0.1) is 0 Å². The number of nitrogens with two attached hydrogens (primary N) is 1. The van der Waals surface area contributed by atoms with Crippen molar-refractivity contribution in [3.63, 3.8) is 0 Å². The van der Waals surface area contributed by atoms with Crippen molar-refractivity contribution in [3.8, 4) is 0 Å². The maximum Gasteiger partial charge on any atom is 0.321 e. The molecule has 12 heteroatoms. The molecule has 2 aromatic rings. The molecule has 0 saturated carbocycles. The molecule has 2 aliphatic rings. The Morgan fingerprint density at radius 2 is 1.90 bits per heavy atom. The molecule has 0 unspecified atom stereocenters. The van der Waals surface area contributed by atoms with Gasteiger partial charge in [-0.25, -0.2) is 19.7 Å². The van der Waals surface area contributed by atoms with Gasteiger partial charge in [0.05, 0.1) is 28.2 Å². The Morgan fingerprint density at radius 1 is 1.18 bits per heavy atom. The molecule has 2 amide bonds. The molecule has 3 heterocycles. The molecule has 2 aromatic heterocycles. The van der Waals surface area contributed by atoms with Crippen LogP contribution in [0.1, 0.15) is 63.1 Å². The number of aromatic nitrogens is 3. The van der Waals surface area contributed by atoms with Crippen molar-refractivity contribution in [2.45, 2.75) is 53.4 Å². The van der Waals surface area contributed by atoms with Crippen LogP contribution < -0.4 is 15.5 Å². The summed E-state index contributed by atoms with van der Waals surface area (Å²) in [6, 6.07) is -0.551. The lowest BCUT2D eigenvalue weighted by atomic mass is 9.76. The second-order valence-electron chi connectivity index (χ2n) is 9.35. The number of nitrogens with zero attached hydrogens (tertiary/aromatic N) is 6. The van der Waals surface area contributed by atoms with E-state index in [4.69, 9.17) is 20.3 Å². The van der Waals surface area contributed by atoms with Crippen molar-refractivity contribution in [1.82, 2.24) is 15.0 Å². The van der Waals surface area contributed by atoms with Gasteiger partial charge >= 0.3 is 12.0 Å². The minimum Gasteiger partial charge on any atom is -0.466 e. The van der Waals surface area contributed by atoms with E-state index in [1.807, 2.05) is 33.8 Å². The van der Waals surface area contributed by atoms with E-state index in [0.29, 0.717) is 68.8 Å². The van der Waals surface area contributed by atoms with E-state index in [-0.39, 0.29) is 5.97 Å². The van der Waals surface area contributed by atoms with Crippen LogP contribution in [0.15, 0.2) is 23.6 Å². The number of primary amides is 1.